The molecule has 32 heteroatoms. The fourth-order valence-electron chi connectivity index (χ4n) is 0.215. The van der Waals surface area contributed by atoms with Gasteiger partial charge in [-0.15, -0.1) is 25.2 Å². The third-order valence-electron chi connectivity index (χ3n) is 0.631. The Labute approximate surface area is 195 Å². The highest BCUT2D eigenvalue weighted by Crippen LogP contribution is 2.41. The number of imidazole rings is 1. The number of nitrogens with zero attached hydrogens (tertiary/aromatic N) is 1. The molecular weight excluding hydrogens is 664 g/mol. The van der Waals surface area contributed by atoms with E-state index in [9.17, 15) is 29.7 Å². The number of rotatable bonds is 1. The molecule has 0 saturated heterocycles. The van der Waals surface area contributed by atoms with E-state index >= 15 is 0 Å². The van der Waals surface area contributed by atoms with Gasteiger partial charge in [0.25, 0.3) is 0 Å². The minimum atomic E-state index is -5.14. The van der Waals surface area contributed by atoms with Crippen molar-refractivity contribution in [3.05, 3.63) is 18.7 Å². The number of aromatic nitrogens is 2. The Hall–Kier alpha value is -0.310. The van der Waals surface area contributed by atoms with Gasteiger partial charge in [0.15, 0.2) is 0 Å². The molecule has 1 unspecified atom stereocenters. The Morgan fingerprint density at radius 2 is 0.750 bits per heavy atom. The minimum Gasteiger partial charge on any atom is -0.351 e. The number of hydrogen-bond donors (Lipinski definition) is 12. The van der Waals surface area contributed by atoms with Crippen molar-refractivity contribution >= 4 is 47.4 Å². The van der Waals surface area contributed by atoms with Crippen molar-refractivity contribution in [1.29, 1.82) is 0 Å². The van der Waals surface area contributed by atoms with Gasteiger partial charge in [-0.1, -0.05) is 0 Å². The topological polar surface area (TPSA) is 363 Å². The largest absolute Gasteiger partial charge is 0.510 e. The van der Waals surface area contributed by atoms with Gasteiger partial charge in [0.1, 0.15) is 0 Å². The van der Waals surface area contributed by atoms with E-state index in [0.29, 0.717) is 0 Å². The third kappa shape index (κ3) is 609. The van der Waals surface area contributed by atoms with Crippen LogP contribution < -0.4 is 0 Å². The van der Waals surface area contributed by atoms with E-state index in [2.05, 4.69) is 14.5 Å². The molecule has 20 nitrogen and oxygen atoms in total. The molecule has 0 fully saturated rings. The van der Waals surface area contributed by atoms with E-state index in [1.807, 2.05) is 0 Å². The van der Waals surface area contributed by atoms with Crippen LogP contribution in [0.1, 0.15) is 0 Å². The summed E-state index contributed by atoms with van der Waals surface area (Å²) in [6.07, 6.45) is 5.08. The molecular formula is C4H18F6N2O18P6. The van der Waals surface area contributed by atoms with Gasteiger partial charge in [-0.05, 0) is 0 Å². The Morgan fingerprint density at radius 3 is 0.778 bits per heavy atom. The van der Waals surface area contributed by atoms with Gasteiger partial charge in [0.2, 0.25) is 0 Å². The molecule has 0 spiro atoms. The van der Waals surface area contributed by atoms with Gasteiger partial charge in [0, 0.05) is 19.5 Å². The Kier molecular flexibility index (Phi) is 30.7. The van der Waals surface area contributed by atoms with E-state index < -0.39 is 47.4 Å². The fraction of sp³-hybridized carbons (Fsp3) is 0.250. The van der Waals surface area contributed by atoms with Gasteiger partial charge < -0.3 is 4.98 Å². The zero-order valence-corrected chi connectivity index (χ0v) is 21.8. The van der Waals surface area contributed by atoms with E-state index in [4.69, 9.17) is 76.7 Å². The maximum Gasteiger partial charge on any atom is 0.510 e. The summed E-state index contributed by atoms with van der Waals surface area (Å²) in [5.41, 5.74) is 0. The lowest BCUT2D eigenvalue weighted by Crippen LogP contribution is -1.69. The van der Waals surface area contributed by atoms with Gasteiger partial charge >= 0.3 is 47.4 Å². The zero-order chi connectivity index (χ0) is 31.2. The molecule has 0 aliphatic heterocycles. The van der Waals surface area contributed by atoms with Gasteiger partial charge in [-0.2, -0.15) is 0 Å². The van der Waals surface area contributed by atoms with Crippen molar-refractivity contribution in [2.75, 3.05) is 7.11 Å². The first-order valence-corrected chi connectivity index (χ1v) is 15.3. The van der Waals surface area contributed by atoms with Crippen LogP contribution in [0.25, 0.3) is 0 Å². The van der Waals surface area contributed by atoms with Crippen molar-refractivity contribution in [3.63, 3.8) is 0 Å². The summed E-state index contributed by atoms with van der Waals surface area (Å²) in [7, 11) is -29.5. The zero-order valence-electron chi connectivity index (χ0n) is 16.4. The lowest BCUT2D eigenvalue weighted by molar-refractivity contribution is 0.273. The standard InChI is InChI=1S/C3H4N2.CH4FO3P.5FH2O3P/c1-2-5-3-4-1;1-5-6(2,3)4;5*1-5(2,3)4/h1-3H,(H,4,5);1H3,(H,3,4);5*(H2,2,3,4). The van der Waals surface area contributed by atoms with E-state index in [0.717, 1.165) is 7.11 Å². The first kappa shape index (κ1) is 48.7. The summed E-state index contributed by atoms with van der Waals surface area (Å²) >= 11 is 0. The third-order valence-corrected chi connectivity index (χ3v) is 1.08. The van der Waals surface area contributed by atoms with Crippen LogP contribution in [-0.4, -0.2) is 70.9 Å². The monoisotopic (exact) mass is 682 g/mol. The fourth-order valence-corrected chi connectivity index (χ4v) is 0.215. The summed E-state index contributed by atoms with van der Waals surface area (Å²) < 4.78 is 119. The first-order chi connectivity index (χ1) is 15.1. The van der Waals surface area contributed by atoms with Crippen LogP contribution in [0.3, 0.4) is 0 Å². The number of H-pyrrole nitrogens is 1. The predicted molar refractivity (Wildman–Crippen MR) is 102 cm³/mol. The highest BCUT2D eigenvalue weighted by Gasteiger charge is 2.11. The van der Waals surface area contributed by atoms with Gasteiger partial charge in [-0.3, -0.25) is 58.4 Å². The van der Waals surface area contributed by atoms with Gasteiger partial charge in [-0.25, -0.2) is 32.4 Å². The second kappa shape index (κ2) is 22.7. The number of aromatic amines is 1. The first-order valence-electron chi connectivity index (χ1n) is 6.33. The molecule has 0 radical (unpaired) electrons. The molecule has 0 saturated carbocycles. The van der Waals surface area contributed by atoms with Crippen molar-refractivity contribution < 1.29 is 111 Å². The molecule has 36 heavy (non-hydrogen) atoms. The van der Waals surface area contributed by atoms with E-state index in [-0.39, 0.29) is 0 Å². The molecule has 0 aromatic carbocycles. The highest BCUT2D eigenvalue weighted by molar-refractivity contribution is 7.47. The molecule has 0 aliphatic carbocycles. The predicted octanol–water partition coefficient (Wildman–Crippen LogP) is 1.36. The average molecular weight is 682 g/mol. The Bertz CT molecular complexity index is 721. The molecule has 12 N–H and O–H groups in total. The van der Waals surface area contributed by atoms with Crippen LogP contribution in [0.5, 0.6) is 0 Å². The molecule has 0 bridgehead atoms. The maximum atomic E-state index is 11.0. The van der Waals surface area contributed by atoms with Crippen LogP contribution in [0.2, 0.25) is 0 Å². The van der Waals surface area contributed by atoms with Crippen LogP contribution >= 0.6 is 47.4 Å². The quantitative estimate of drug-likeness (QED) is 0.147. The van der Waals surface area contributed by atoms with E-state index in [1.165, 1.54) is 0 Å². The summed E-state index contributed by atoms with van der Waals surface area (Å²) in [6, 6.07) is 0. The number of halogens is 6. The van der Waals surface area contributed by atoms with Crippen LogP contribution in [0.4, 0.5) is 25.2 Å². The molecule has 224 valence electrons. The lowest BCUT2D eigenvalue weighted by atomic mass is 11.0. The average Bonchev–Trinajstić information content (AvgIpc) is 2.95. The highest BCUT2D eigenvalue weighted by atomic mass is 31.2. The number of hydrogen-bond acceptors (Lipinski definition) is 8. The maximum absolute atomic E-state index is 11.0. The molecule has 0 aliphatic rings. The molecule has 1 atom stereocenters. The van der Waals surface area contributed by atoms with Gasteiger partial charge in [0.05, 0.1) is 6.33 Å². The van der Waals surface area contributed by atoms with Crippen molar-refractivity contribution in [3.8, 4) is 0 Å². The van der Waals surface area contributed by atoms with E-state index in [1.54, 1.807) is 18.7 Å². The SMILES string of the molecule is COP(=O)(O)F.O=P(O)(O)F.O=P(O)(O)F.O=P(O)(O)F.O=P(O)(O)F.O=P(O)(O)F.c1c[nH]cn1. The number of nitrogens with one attached hydrogen (secondary N) is 1. The Balaban J connectivity index is -0.0000000730. The van der Waals surface area contributed by atoms with Crippen molar-refractivity contribution in [1.82, 2.24) is 9.97 Å². The molecule has 1 heterocycles. The van der Waals surface area contributed by atoms with Crippen LogP contribution in [0.15, 0.2) is 18.7 Å². The van der Waals surface area contributed by atoms with Crippen LogP contribution in [-0.2, 0) is 31.9 Å². The summed E-state index contributed by atoms with van der Waals surface area (Å²) in [5, 5.41) is 0. The Morgan fingerprint density at radius 1 is 0.583 bits per heavy atom. The lowest BCUT2D eigenvalue weighted by Gasteiger charge is -1.89. The van der Waals surface area contributed by atoms with Crippen LogP contribution in [0, 0.1) is 0 Å². The summed E-state index contributed by atoms with van der Waals surface area (Å²) in [6.45, 7) is 0. The normalized spacial score (nSPS) is 12.6. The second-order valence-corrected chi connectivity index (χ2v) is 9.76. The molecule has 1 aromatic heterocycles. The minimum absolute atomic E-state index is 0.820. The second-order valence-electron chi connectivity index (χ2n) is 3.76. The molecule has 1 aromatic rings. The summed E-state index contributed by atoms with van der Waals surface area (Å²) in [5.74, 6) is 0. The molecule has 1 rings (SSSR count). The van der Waals surface area contributed by atoms with Crippen molar-refractivity contribution in [2.24, 2.45) is 0 Å². The molecule has 0 amide bonds. The van der Waals surface area contributed by atoms with Crippen molar-refractivity contribution in [2.45, 2.75) is 0 Å². The smallest absolute Gasteiger partial charge is 0.351 e. The summed E-state index contributed by atoms with van der Waals surface area (Å²) in [4.78, 5) is 83.6.